The Morgan fingerprint density at radius 3 is 2.56 bits per heavy atom. The number of piperazine rings is 1. The van der Waals surface area contributed by atoms with Crippen molar-refractivity contribution < 1.29 is 0 Å². The Labute approximate surface area is 111 Å². The highest BCUT2D eigenvalue weighted by Gasteiger charge is 2.35. The third-order valence-corrected chi connectivity index (χ3v) is 3.91. The molecule has 0 radical (unpaired) electrons. The summed E-state index contributed by atoms with van der Waals surface area (Å²) in [6, 6.07) is 9.39. The van der Waals surface area contributed by atoms with Gasteiger partial charge >= 0.3 is 0 Å². The first kappa shape index (κ1) is 13.4. The van der Waals surface area contributed by atoms with E-state index in [9.17, 15) is 0 Å². The molecule has 0 aliphatic carbocycles. The first-order valence-electron chi connectivity index (χ1n) is 7.02. The lowest BCUT2D eigenvalue weighted by molar-refractivity contribution is 0.333. The molecule has 1 N–H and O–H groups in total. The maximum Gasteiger partial charge on any atom is 0.0473 e. The van der Waals surface area contributed by atoms with Crippen LogP contribution in [0.15, 0.2) is 24.3 Å². The maximum absolute atomic E-state index is 3.53. The fourth-order valence-corrected chi connectivity index (χ4v) is 3.12. The summed E-state index contributed by atoms with van der Waals surface area (Å²) >= 11 is 0. The zero-order chi connectivity index (χ0) is 13.3. The predicted octanol–water partition coefficient (Wildman–Crippen LogP) is 3.39. The number of rotatable bonds is 2. The van der Waals surface area contributed by atoms with Crippen LogP contribution in [0.25, 0.3) is 0 Å². The normalized spacial score (nSPS) is 23.4. The van der Waals surface area contributed by atoms with Crippen LogP contribution in [-0.2, 0) is 0 Å². The van der Waals surface area contributed by atoms with E-state index in [-0.39, 0.29) is 5.54 Å². The molecule has 2 rings (SSSR count). The van der Waals surface area contributed by atoms with Gasteiger partial charge < -0.3 is 10.2 Å². The first-order valence-corrected chi connectivity index (χ1v) is 7.02. The van der Waals surface area contributed by atoms with E-state index in [0.717, 1.165) is 13.1 Å². The van der Waals surface area contributed by atoms with Gasteiger partial charge in [0.25, 0.3) is 0 Å². The van der Waals surface area contributed by atoms with E-state index in [2.05, 4.69) is 69.1 Å². The van der Waals surface area contributed by atoms with Gasteiger partial charge in [0.15, 0.2) is 0 Å². The molecule has 18 heavy (non-hydrogen) atoms. The van der Waals surface area contributed by atoms with Crippen LogP contribution < -0.4 is 10.2 Å². The minimum atomic E-state index is 0.169. The van der Waals surface area contributed by atoms with Crippen LogP contribution in [0.2, 0.25) is 0 Å². The Hall–Kier alpha value is -1.02. The summed E-state index contributed by atoms with van der Waals surface area (Å²) in [5.74, 6) is 0.569. The van der Waals surface area contributed by atoms with Crippen molar-refractivity contribution in [2.45, 2.75) is 52.1 Å². The van der Waals surface area contributed by atoms with Crippen molar-refractivity contribution in [3.8, 4) is 0 Å². The molecular formula is C16H26N2. The monoisotopic (exact) mass is 246 g/mol. The smallest absolute Gasteiger partial charge is 0.0473 e. The Balaban J connectivity index is 2.45. The standard InChI is InChI=1S/C16H26N2/c1-12(2)14-8-6-7-9-15(14)18-13(3)10-17-11-16(18,4)5/h6-9,12-13,17H,10-11H2,1-5H3. The van der Waals surface area contributed by atoms with E-state index in [0.29, 0.717) is 12.0 Å². The van der Waals surface area contributed by atoms with Gasteiger partial charge in [-0.1, -0.05) is 32.0 Å². The van der Waals surface area contributed by atoms with E-state index in [1.54, 1.807) is 0 Å². The van der Waals surface area contributed by atoms with Gasteiger partial charge in [-0.15, -0.1) is 0 Å². The molecule has 2 nitrogen and oxygen atoms in total. The van der Waals surface area contributed by atoms with Gasteiger partial charge in [0, 0.05) is 30.4 Å². The largest absolute Gasteiger partial charge is 0.361 e. The summed E-state index contributed by atoms with van der Waals surface area (Å²) < 4.78 is 0. The molecule has 0 amide bonds. The number of nitrogens with zero attached hydrogens (tertiary/aromatic N) is 1. The second-order valence-electron chi connectivity index (χ2n) is 6.38. The Bertz CT molecular complexity index is 409. The Morgan fingerprint density at radius 2 is 1.94 bits per heavy atom. The van der Waals surface area contributed by atoms with Gasteiger partial charge in [0.2, 0.25) is 0 Å². The highest BCUT2D eigenvalue weighted by molar-refractivity contribution is 5.58. The Kier molecular flexibility index (Phi) is 3.67. The molecular weight excluding hydrogens is 220 g/mol. The van der Waals surface area contributed by atoms with Crippen LogP contribution in [0.4, 0.5) is 5.69 Å². The molecule has 1 aliphatic heterocycles. The van der Waals surface area contributed by atoms with E-state index in [4.69, 9.17) is 0 Å². The second-order valence-corrected chi connectivity index (χ2v) is 6.38. The third kappa shape index (κ3) is 2.39. The summed E-state index contributed by atoms with van der Waals surface area (Å²) in [6.45, 7) is 13.6. The molecule has 1 aromatic rings. The van der Waals surface area contributed by atoms with Gasteiger partial charge in [-0.2, -0.15) is 0 Å². The van der Waals surface area contributed by atoms with E-state index >= 15 is 0 Å². The molecule has 1 unspecified atom stereocenters. The minimum absolute atomic E-state index is 0.169. The number of para-hydroxylation sites is 1. The molecule has 0 saturated carbocycles. The quantitative estimate of drug-likeness (QED) is 0.860. The van der Waals surface area contributed by atoms with Crippen LogP contribution in [0.3, 0.4) is 0 Å². The zero-order valence-corrected chi connectivity index (χ0v) is 12.3. The molecule has 1 saturated heterocycles. The molecule has 1 atom stereocenters. The lowest BCUT2D eigenvalue weighted by atomic mass is 9.92. The summed E-state index contributed by atoms with van der Waals surface area (Å²) in [6.07, 6.45) is 0. The fraction of sp³-hybridized carbons (Fsp3) is 0.625. The van der Waals surface area contributed by atoms with Crippen LogP contribution in [0.5, 0.6) is 0 Å². The molecule has 0 bridgehead atoms. The number of hydrogen-bond acceptors (Lipinski definition) is 2. The number of anilines is 1. The minimum Gasteiger partial charge on any atom is -0.361 e. The van der Waals surface area contributed by atoms with Crippen molar-refractivity contribution >= 4 is 5.69 Å². The van der Waals surface area contributed by atoms with Crippen molar-refractivity contribution in [3.05, 3.63) is 29.8 Å². The summed E-state index contributed by atoms with van der Waals surface area (Å²) in [7, 11) is 0. The van der Waals surface area contributed by atoms with Gasteiger partial charge in [-0.3, -0.25) is 0 Å². The lowest BCUT2D eigenvalue weighted by Crippen LogP contribution is -2.62. The van der Waals surface area contributed by atoms with Crippen LogP contribution in [0.1, 0.15) is 46.1 Å². The second kappa shape index (κ2) is 4.93. The van der Waals surface area contributed by atoms with E-state index in [1.165, 1.54) is 11.3 Å². The molecule has 1 aliphatic rings. The summed E-state index contributed by atoms with van der Waals surface area (Å²) in [4.78, 5) is 2.60. The van der Waals surface area contributed by atoms with E-state index in [1.807, 2.05) is 0 Å². The van der Waals surface area contributed by atoms with Crippen LogP contribution in [-0.4, -0.2) is 24.7 Å². The summed E-state index contributed by atoms with van der Waals surface area (Å²) in [5.41, 5.74) is 3.04. The highest BCUT2D eigenvalue weighted by atomic mass is 15.3. The summed E-state index contributed by atoms with van der Waals surface area (Å²) in [5, 5.41) is 3.53. The maximum atomic E-state index is 3.53. The van der Waals surface area contributed by atoms with Crippen molar-refractivity contribution in [3.63, 3.8) is 0 Å². The average Bonchev–Trinajstić information content (AvgIpc) is 2.28. The topological polar surface area (TPSA) is 15.3 Å². The van der Waals surface area contributed by atoms with Crippen molar-refractivity contribution in [2.75, 3.05) is 18.0 Å². The van der Waals surface area contributed by atoms with Gasteiger partial charge in [0.1, 0.15) is 0 Å². The van der Waals surface area contributed by atoms with Crippen molar-refractivity contribution in [1.82, 2.24) is 5.32 Å². The third-order valence-electron chi connectivity index (χ3n) is 3.91. The molecule has 1 heterocycles. The fourth-order valence-electron chi connectivity index (χ4n) is 3.12. The Morgan fingerprint density at radius 1 is 1.28 bits per heavy atom. The van der Waals surface area contributed by atoms with Gasteiger partial charge in [-0.25, -0.2) is 0 Å². The highest BCUT2D eigenvalue weighted by Crippen LogP contribution is 2.34. The number of benzene rings is 1. The van der Waals surface area contributed by atoms with Crippen molar-refractivity contribution in [1.29, 1.82) is 0 Å². The number of nitrogens with one attached hydrogen (secondary N) is 1. The van der Waals surface area contributed by atoms with Gasteiger partial charge in [-0.05, 0) is 38.3 Å². The van der Waals surface area contributed by atoms with Gasteiger partial charge in [0.05, 0.1) is 0 Å². The van der Waals surface area contributed by atoms with Crippen LogP contribution >= 0.6 is 0 Å². The van der Waals surface area contributed by atoms with Crippen LogP contribution in [0, 0.1) is 0 Å². The van der Waals surface area contributed by atoms with Crippen molar-refractivity contribution in [2.24, 2.45) is 0 Å². The predicted molar refractivity (Wildman–Crippen MR) is 79.4 cm³/mol. The first-order chi connectivity index (χ1) is 8.43. The molecule has 0 spiro atoms. The molecule has 100 valence electrons. The average molecular weight is 246 g/mol. The zero-order valence-electron chi connectivity index (χ0n) is 12.3. The van der Waals surface area contributed by atoms with E-state index < -0.39 is 0 Å². The molecule has 0 aromatic heterocycles. The SMILES string of the molecule is CC(C)c1ccccc1N1C(C)CNCC1(C)C. The molecule has 2 heteroatoms. The molecule has 1 aromatic carbocycles. The lowest BCUT2D eigenvalue weighted by Gasteiger charge is -2.49. The number of hydrogen-bond donors (Lipinski definition) is 1. The molecule has 1 fully saturated rings.